The van der Waals surface area contributed by atoms with Crippen molar-refractivity contribution in [2.45, 2.75) is 19.5 Å². The summed E-state index contributed by atoms with van der Waals surface area (Å²) in [7, 11) is 0. The number of nitrogens with zero attached hydrogens (tertiary/aromatic N) is 3. The van der Waals surface area contributed by atoms with Crippen molar-refractivity contribution in [2.75, 3.05) is 5.84 Å². The fourth-order valence-corrected chi connectivity index (χ4v) is 2.85. The lowest BCUT2D eigenvalue weighted by molar-refractivity contribution is -0.122. The minimum absolute atomic E-state index is 0.243. The van der Waals surface area contributed by atoms with Gasteiger partial charge in [-0.3, -0.25) is 15.6 Å². The summed E-state index contributed by atoms with van der Waals surface area (Å²) in [6.45, 7) is 0.193. The maximum Gasteiger partial charge on any atom is 0.365 e. The Hall–Kier alpha value is -3.37. The zero-order valence-corrected chi connectivity index (χ0v) is 17.4. The number of halogens is 1. The highest BCUT2D eigenvalue weighted by Gasteiger charge is 2.14. The van der Waals surface area contributed by atoms with Gasteiger partial charge in [-0.2, -0.15) is 9.77 Å². The summed E-state index contributed by atoms with van der Waals surface area (Å²) in [4.78, 5) is 24.4. The molecule has 0 saturated heterocycles. The number of nitrogens with two attached hydrogens (primary N) is 1. The standard InChI is InChI=1S/C19H20ClN7O2S/c20-15-8-6-13(7-9-15)10-16-25-26(19(29)27(16)21)12-17(28)23-24-18(30)22-11-14-4-2-1-3-5-14/h1-9H,10-12,21H2,(H,23,28)(H2,22,24,30). The molecule has 0 bridgehead atoms. The zero-order chi connectivity index (χ0) is 21.5. The Balaban J connectivity index is 1.51. The van der Waals surface area contributed by atoms with E-state index in [0.717, 1.165) is 20.5 Å². The maximum atomic E-state index is 12.2. The lowest BCUT2D eigenvalue weighted by atomic mass is 10.1. The average molecular weight is 446 g/mol. The molecule has 5 N–H and O–H groups in total. The number of rotatable bonds is 6. The number of carbonyl (C=O) groups is 1. The molecule has 3 rings (SSSR count). The van der Waals surface area contributed by atoms with Gasteiger partial charge in [0.25, 0.3) is 5.91 Å². The van der Waals surface area contributed by atoms with Crippen molar-refractivity contribution in [1.82, 2.24) is 30.6 Å². The molecular formula is C19H20ClN7O2S. The molecular weight excluding hydrogens is 426 g/mol. The van der Waals surface area contributed by atoms with Gasteiger partial charge < -0.3 is 11.2 Å². The number of aromatic nitrogens is 3. The molecule has 0 unspecified atom stereocenters. The highest BCUT2D eigenvalue weighted by Crippen LogP contribution is 2.11. The number of hydrogen-bond donors (Lipinski definition) is 4. The third-order valence-corrected chi connectivity index (χ3v) is 4.62. The minimum Gasteiger partial charge on any atom is -0.357 e. The van der Waals surface area contributed by atoms with Crippen LogP contribution in [0.15, 0.2) is 59.4 Å². The van der Waals surface area contributed by atoms with E-state index in [0.29, 0.717) is 23.8 Å². The van der Waals surface area contributed by atoms with Crippen molar-refractivity contribution < 1.29 is 4.79 Å². The largest absolute Gasteiger partial charge is 0.365 e. The van der Waals surface area contributed by atoms with Gasteiger partial charge in [-0.15, -0.1) is 0 Å². The second-order valence-electron chi connectivity index (χ2n) is 6.37. The zero-order valence-electron chi connectivity index (χ0n) is 15.8. The molecule has 1 amide bonds. The first-order valence-electron chi connectivity index (χ1n) is 8.97. The molecule has 156 valence electrons. The summed E-state index contributed by atoms with van der Waals surface area (Å²) in [6.07, 6.45) is 0.323. The van der Waals surface area contributed by atoms with Crippen LogP contribution >= 0.6 is 23.8 Å². The molecule has 0 aliphatic carbocycles. The second kappa shape index (κ2) is 9.90. The van der Waals surface area contributed by atoms with Gasteiger partial charge in [0, 0.05) is 18.0 Å². The van der Waals surface area contributed by atoms with Crippen molar-refractivity contribution in [2.24, 2.45) is 0 Å². The van der Waals surface area contributed by atoms with Crippen molar-refractivity contribution in [3.05, 3.63) is 87.1 Å². The maximum absolute atomic E-state index is 12.2. The number of nitrogens with one attached hydrogen (secondary N) is 3. The molecule has 11 heteroatoms. The summed E-state index contributed by atoms with van der Waals surface area (Å²) in [5.41, 5.74) is 6.33. The van der Waals surface area contributed by atoms with E-state index in [1.807, 2.05) is 42.5 Å². The first-order valence-corrected chi connectivity index (χ1v) is 9.76. The fraction of sp³-hybridized carbons (Fsp3) is 0.158. The van der Waals surface area contributed by atoms with Gasteiger partial charge >= 0.3 is 5.69 Å². The van der Waals surface area contributed by atoms with Gasteiger partial charge in [-0.1, -0.05) is 54.1 Å². The van der Waals surface area contributed by atoms with Crippen molar-refractivity contribution in [3.8, 4) is 0 Å². The van der Waals surface area contributed by atoms with Crippen LogP contribution in [-0.2, 0) is 24.3 Å². The van der Waals surface area contributed by atoms with Gasteiger partial charge in [-0.05, 0) is 35.5 Å². The fourth-order valence-electron chi connectivity index (χ4n) is 2.60. The van der Waals surface area contributed by atoms with Crippen LogP contribution in [0, 0.1) is 0 Å². The smallest absolute Gasteiger partial charge is 0.357 e. The van der Waals surface area contributed by atoms with Crippen LogP contribution in [0.4, 0.5) is 0 Å². The lowest BCUT2D eigenvalue weighted by Crippen LogP contribution is -2.48. The number of amides is 1. The van der Waals surface area contributed by atoms with Gasteiger partial charge in [0.2, 0.25) is 0 Å². The molecule has 9 nitrogen and oxygen atoms in total. The number of carbonyl (C=O) groups excluding carboxylic acids is 1. The summed E-state index contributed by atoms with van der Waals surface area (Å²) < 4.78 is 1.91. The predicted octanol–water partition coefficient (Wildman–Crippen LogP) is 0.698. The molecule has 1 heterocycles. The number of thiocarbonyl (C=S) groups is 1. The van der Waals surface area contributed by atoms with Crippen LogP contribution in [0.2, 0.25) is 5.02 Å². The second-order valence-corrected chi connectivity index (χ2v) is 7.22. The summed E-state index contributed by atoms with van der Waals surface area (Å²) in [5, 5.41) is 7.95. The summed E-state index contributed by atoms with van der Waals surface area (Å²) >= 11 is 11.0. The van der Waals surface area contributed by atoms with Crippen LogP contribution in [0.25, 0.3) is 0 Å². The third kappa shape index (κ3) is 5.82. The first kappa shape index (κ1) is 21.3. The van der Waals surface area contributed by atoms with Crippen molar-refractivity contribution in [1.29, 1.82) is 0 Å². The van der Waals surface area contributed by atoms with Gasteiger partial charge in [0.1, 0.15) is 6.54 Å². The number of benzene rings is 2. The molecule has 30 heavy (non-hydrogen) atoms. The van der Waals surface area contributed by atoms with E-state index in [4.69, 9.17) is 29.7 Å². The van der Waals surface area contributed by atoms with Crippen molar-refractivity contribution in [3.63, 3.8) is 0 Å². The molecule has 0 aliphatic rings. The number of hydrogen-bond acceptors (Lipinski definition) is 5. The minimum atomic E-state index is -0.598. The summed E-state index contributed by atoms with van der Waals surface area (Å²) in [6, 6.07) is 16.8. The molecule has 0 fully saturated rings. The van der Waals surface area contributed by atoms with E-state index in [9.17, 15) is 9.59 Å². The van der Waals surface area contributed by atoms with Crippen molar-refractivity contribution >= 4 is 34.8 Å². The van der Waals surface area contributed by atoms with Crippen LogP contribution in [0.1, 0.15) is 17.0 Å². The Kier molecular flexibility index (Phi) is 7.04. The van der Waals surface area contributed by atoms with E-state index < -0.39 is 11.6 Å². The number of nitrogen functional groups attached to an aromatic ring is 1. The Labute approximate surface area is 182 Å². The third-order valence-electron chi connectivity index (χ3n) is 4.12. The highest BCUT2D eigenvalue weighted by molar-refractivity contribution is 7.80. The van der Waals surface area contributed by atoms with Crippen LogP contribution in [0.5, 0.6) is 0 Å². The van der Waals surface area contributed by atoms with E-state index in [1.165, 1.54) is 0 Å². The Morgan fingerprint density at radius 1 is 1.07 bits per heavy atom. The molecule has 1 aromatic heterocycles. The average Bonchev–Trinajstić information content (AvgIpc) is 3.01. The molecule has 0 spiro atoms. The van der Waals surface area contributed by atoms with E-state index in [-0.39, 0.29) is 11.7 Å². The SMILES string of the molecule is Nn1c(Cc2ccc(Cl)cc2)nn(CC(=O)NNC(=S)NCc2ccccc2)c1=O. The monoisotopic (exact) mass is 445 g/mol. The van der Waals surface area contributed by atoms with Crippen LogP contribution in [0.3, 0.4) is 0 Å². The van der Waals surface area contributed by atoms with E-state index >= 15 is 0 Å². The quantitative estimate of drug-likeness (QED) is 0.250. The Morgan fingerprint density at radius 3 is 2.47 bits per heavy atom. The molecule has 0 radical (unpaired) electrons. The first-order chi connectivity index (χ1) is 14.4. The van der Waals surface area contributed by atoms with Gasteiger partial charge in [0.15, 0.2) is 10.9 Å². The topological polar surface area (TPSA) is 119 Å². The highest BCUT2D eigenvalue weighted by atomic mass is 35.5. The van der Waals surface area contributed by atoms with E-state index in [1.54, 1.807) is 12.1 Å². The Morgan fingerprint density at radius 2 is 1.77 bits per heavy atom. The molecule has 2 aromatic carbocycles. The Bertz CT molecular complexity index is 1080. The van der Waals surface area contributed by atoms with Gasteiger partial charge in [0.05, 0.1) is 0 Å². The molecule has 0 atom stereocenters. The van der Waals surface area contributed by atoms with Gasteiger partial charge in [-0.25, -0.2) is 9.48 Å². The normalized spacial score (nSPS) is 10.4. The predicted molar refractivity (Wildman–Crippen MR) is 118 cm³/mol. The van der Waals surface area contributed by atoms with Crippen LogP contribution < -0.4 is 27.7 Å². The van der Waals surface area contributed by atoms with E-state index in [2.05, 4.69) is 21.3 Å². The lowest BCUT2D eigenvalue weighted by Gasteiger charge is -2.11. The molecule has 0 aliphatic heterocycles. The van der Waals surface area contributed by atoms with Crippen LogP contribution in [-0.4, -0.2) is 25.5 Å². The molecule has 3 aromatic rings. The summed E-state index contributed by atoms with van der Waals surface area (Å²) in [5.74, 6) is 5.61. The molecule has 0 saturated carbocycles. The number of hydrazine groups is 1.